The molecule has 0 fully saturated rings. The third-order valence-electron chi connectivity index (χ3n) is 2.66. The molecule has 2 N–H and O–H groups in total. The zero-order chi connectivity index (χ0) is 13.3. The van der Waals surface area contributed by atoms with Gasteiger partial charge >= 0.3 is 5.97 Å². The molecule has 1 aliphatic rings. The first-order valence-electron chi connectivity index (χ1n) is 5.32. The summed E-state index contributed by atoms with van der Waals surface area (Å²) in [4.78, 5) is 27.1. The quantitative estimate of drug-likeness (QED) is 0.626. The molecule has 18 heavy (non-hydrogen) atoms. The van der Waals surface area contributed by atoms with Crippen molar-refractivity contribution in [3.8, 4) is 0 Å². The van der Waals surface area contributed by atoms with Gasteiger partial charge in [-0.2, -0.15) is 0 Å². The number of methoxy groups -OCH3 is 1. The molecule has 1 aliphatic heterocycles. The molecule has 1 amide bonds. The first kappa shape index (κ1) is 12.6. The van der Waals surface area contributed by atoms with Gasteiger partial charge < -0.3 is 15.4 Å². The summed E-state index contributed by atoms with van der Waals surface area (Å²) in [6, 6.07) is 0.957. The van der Waals surface area contributed by atoms with Crippen molar-refractivity contribution in [3.63, 3.8) is 0 Å². The number of anilines is 2. The predicted molar refractivity (Wildman–Crippen MR) is 66.7 cm³/mol. The van der Waals surface area contributed by atoms with Gasteiger partial charge in [0.1, 0.15) is 11.2 Å². The topological polar surface area (TPSA) is 80.3 Å². The van der Waals surface area contributed by atoms with Gasteiger partial charge in [-0.15, -0.1) is 0 Å². The van der Waals surface area contributed by atoms with Crippen LogP contribution in [0.25, 0.3) is 0 Å². The van der Waals surface area contributed by atoms with Crippen LogP contribution >= 0.6 is 11.6 Å². The average Bonchev–Trinajstić information content (AvgIpc) is 2.31. The van der Waals surface area contributed by atoms with E-state index in [9.17, 15) is 9.59 Å². The molecule has 1 unspecified atom stereocenters. The van der Waals surface area contributed by atoms with Gasteiger partial charge in [0.25, 0.3) is 0 Å². The molecular formula is C11H12ClN3O3. The molecular weight excluding hydrogens is 258 g/mol. The molecule has 0 bridgehead atoms. The lowest BCUT2D eigenvalue weighted by molar-refractivity contribution is -0.142. The highest BCUT2D eigenvalue weighted by Crippen LogP contribution is 2.30. The largest absolute Gasteiger partial charge is 0.469 e. The van der Waals surface area contributed by atoms with E-state index in [0.29, 0.717) is 16.7 Å². The van der Waals surface area contributed by atoms with E-state index in [2.05, 4.69) is 20.4 Å². The van der Waals surface area contributed by atoms with Crippen LogP contribution in [0.15, 0.2) is 6.07 Å². The summed E-state index contributed by atoms with van der Waals surface area (Å²) in [7, 11) is 1.27. The van der Waals surface area contributed by atoms with E-state index in [1.165, 1.54) is 7.11 Å². The van der Waals surface area contributed by atoms with Crippen LogP contribution in [-0.4, -0.2) is 30.0 Å². The molecule has 0 radical (unpaired) electrons. The molecule has 1 atom stereocenters. The molecule has 96 valence electrons. The second kappa shape index (κ2) is 4.81. The van der Waals surface area contributed by atoms with Crippen molar-refractivity contribution in [2.24, 2.45) is 0 Å². The summed E-state index contributed by atoms with van der Waals surface area (Å²) in [6.45, 7) is 1.81. The third-order valence-corrected chi connectivity index (χ3v) is 2.85. The molecule has 1 aromatic rings. The second-order valence-electron chi connectivity index (χ2n) is 3.95. The molecule has 0 saturated carbocycles. The van der Waals surface area contributed by atoms with Gasteiger partial charge in [-0.1, -0.05) is 11.6 Å². The fraction of sp³-hybridized carbons (Fsp3) is 0.364. The Morgan fingerprint density at radius 1 is 1.61 bits per heavy atom. The highest BCUT2D eigenvalue weighted by atomic mass is 35.5. The summed E-state index contributed by atoms with van der Waals surface area (Å²) in [5, 5.41) is 5.92. The Balaban J connectivity index is 2.27. The number of rotatable bonds is 2. The summed E-state index contributed by atoms with van der Waals surface area (Å²) in [6.07, 6.45) is -0.0605. The van der Waals surface area contributed by atoms with Crippen LogP contribution in [0.2, 0.25) is 5.15 Å². The van der Waals surface area contributed by atoms with Crippen molar-refractivity contribution in [1.82, 2.24) is 4.98 Å². The van der Waals surface area contributed by atoms with E-state index < -0.39 is 12.0 Å². The van der Waals surface area contributed by atoms with E-state index in [-0.39, 0.29) is 12.3 Å². The number of hydrogen-bond acceptors (Lipinski definition) is 5. The zero-order valence-corrected chi connectivity index (χ0v) is 10.7. The Kier molecular flexibility index (Phi) is 3.38. The lowest BCUT2D eigenvalue weighted by atomic mass is 10.1. The van der Waals surface area contributed by atoms with Gasteiger partial charge in [-0.05, 0) is 18.6 Å². The number of pyridine rings is 1. The number of aromatic nitrogens is 1. The number of carbonyl (C=O) groups is 2. The summed E-state index contributed by atoms with van der Waals surface area (Å²) < 4.78 is 4.53. The fourth-order valence-corrected chi connectivity index (χ4v) is 1.98. The van der Waals surface area contributed by atoms with Crippen LogP contribution in [0.4, 0.5) is 11.5 Å². The minimum Gasteiger partial charge on any atom is -0.469 e. The van der Waals surface area contributed by atoms with Crippen molar-refractivity contribution >= 4 is 35.0 Å². The second-order valence-corrected chi connectivity index (χ2v) is 4.34. The Bertz CT molecular complexity index is 519. The van der Waals surface area contributed by atoms with Crippen molar-refractivity contribution in [2.75, 3.05) is 17.7 Å². The van der Waals surface area contributed by atoms with Crippen molar-refractivity contribution in [2.45, 2.75) is 19.4 Å². The highest BCUT2D eigenvalue weighted by molar-refractivity contribution is 6.29. The van der Waals surface area contributed by atoms with E-state index in [1.54, 1.807) is 6.07 Å². The molecule has 0 aromatic carbocycles. The minimum absolute atomic E-state index is 0.0605. The van der Waals surface area contributed by atoms with Crippen LogP contribution in [0.5, 0.6) is 0 Å². The maximum atomic E-state index is 11.8. The first-order valence-corrected chi connectivity index (χ1v) is 5.70. The van der Waals surface area contributed by atoms with Gasteiger partial charge in [0.15, 0.2) is 5.82 Å². The van der Waals surface area contributed by atoms with Crippen LogP contribution in [0, 0.1) is 6.92 Å². The lowest BCUT2D eigenvalue weighted by Gasteiger charge is -2.26. The molecule has 0 aliphatic carbocycles. The number of hydrogen-bond donors (Lipinski definition) is 2. The Hall–Kier alpha value is -1.82. The summed E-state index contributed by atoms with van der Waals surface area (Å²) in [5.41, 5.74) is 1.40. The first-order chi connectivity index (χ1) is 8.51. The normalized spacial score (nSPS) is 17.5. The van der Waals surface area contributed by atoms with E-state index in [4.69, 9.17) is 11.6 Å². The SMILES string of the molecule is COC(=O)CC1Nc2nc(Cl)cc(C)c2NC1=O. The molecule has 2 heterocycles. The van der Waals surface area contributed by atoms with Crippen LogP contribution in [0.3, 0.4) is 0 Å². The number of nitrogens with one attached hydrogen (secondary N) is 2. The number of esters is 1. The molecule has 0 spiro atoms. The third kappa shape index (κ3) is 2.38. The van der Waals surface area contributed by atoms with Gasteiger partial charge in [-0.25, -0.2) is 4.98 Å². The van der Waals surface area contributed by atoms with E-state index >= 15 is 0 Å². The predicted octanol–water partition coefficient (Wildman–Crippen LogP) is 1.34. The summed E-state index contributed by atoms with van der Waals surface area (Å²) in [5.74, 6) is -0.293. The Labute approximate surface area is 109 Å². The standard InChI is InChI=1S/C11H12ClN3O3/c1-5-3-7(12)14-10-9(5)15-11(17)6(13-10)4-8(16)18-2/h3,6H,4H2,1-2H3,(H,13,14)(H,15,17). The van der Waals surface area contributed by atoms with Gasteiger partial charge in [0, 0.05) is 0 Å². The van der Waals surface area contributed by atoms with E-state index in [0.717, 1.165) is 5.56 Å². The zero-order valence-electron chi connectivity index (χ0n) is 9.91. The smallest absolute Gasteiger partial charge is 0.308 e. The van der Waals surface area contributed by atoms with Gasteiger partial charge in [0.05, 0.1) is 19.2 Å². The molecule has 2 rings (SSSR count). The number of carbonyl (C=O) groups excluding carboxylic acids is 2. The number of fused-ring (bicyclic) bond motifs is 1. The number of ether oxygens (including phenoxy) is 1. The molecule has 1 aromatic heterocycles. The number of aryl methyl sites for hydroxylation is 1. The van der Waals surface area contributed by atoms with Crippen LogP contribution in [-0.2, 0) is 14.3 Å². The monoisotopic (exact) mass is 269 g/mol. The molecule has 0 saturated heterocycles. The maximum Gasteiger partial charge on any atom is 0.308 e. The highest BCUT2D eigenvalue weighted by Gasteiger charge is 2.29. The fourth-order valence-electron chi connectivity index (χ4n) is 1.73. The van der Waals surface area contributed by atoms with Crippen molar-refractivity contribution in [1.29, 1.82) is 0 Å². The van der Waals surface area contributed by atoms with Crippen LogP contribution in [0.1, 0.15) is 12.0 Å². The average molecular weight is 270 g/mol. The maximum absolute atomic E-state index is 11.8. The molecule has 6 nitrogen and oxygen atoms in total. The van der Waals surface area contributed by atoms with Crippen molar-refractivity contribution < 1.29 is 14.3 Å². The number of amides is 1. The van der Waals surface area contributed by atoms with Gasteiger partial charge in [-0.3, -0.25) is 9.59 Å². The number of halogens is 1. The molecule has 7 heteroatoms. The van der Waals surface area contributed by atoms with E-state index in [1.807, 2.05) is 6.92 Å². The lowest BCUT2D eigenvalue weighted by Crippen LogP contribution is -2.41. The van der Waals surface area contributed by atoms with Crippen LogP contribution < -0.4 is 10.6 Å². The Morgan fingerprint density at radius 3 is 3.00 bits per heavy atom. The minimum atomic E-state index is -0.699. The van der Waals surface area contributed by atoms with Gasteiger partial charge in [0.2, 0.25) is 5.91 Å². The number of nitrogens with zero attached hydrogens (tertiary/aromatic N) is 1. The van der Waals surface area contributed by atoms with Crippen molar-refractivity contribution in [3.05, 3.63) is 16.8 Å². The summed E-state index contributed by atoms with van der Waals surface area (Å²) >= 11 is 5.84. The Morgan fingerprint density at radius 2 is 2.33 bits per heavy atom.